The van der Waals surface area contributed by atoms with Crippen LogP contribution in [-0.2, 0) is 28.6 Å². The van der Waals surface area contributed by atoms with E-state index in [1.165, 1.54) is 116 Å². The highest BCUT2D eigenvalue weighted by molar-refractivity contribution is 5.70. The quantitative estimate of drug-likeness (QED) is 0.0262. The van der Waals surface area contributed by atoms with Crippen molar-refractivity contribution >= 4 is 17.9 Å². The van der Waals surface area contributed by atoms with Gasteiger partial charge in [-0.3, -0.25) is 14.4 Å². The second-order valence-corrected chi connectivity index (χ2v) is 18.5. The Morgan fingerprint density at radius 2 is 0.652 bits per heavy atom. The molecule has 0 aliphatic rings. The molecule has 1 atom stereocenters. The maximum atomic E-state index is 12.9. The van der Waals surface area contributed by atoms with Gasteiger partial charge in [0.05, 0.1) is 6.61 Å². The molecule has 0 fully saturated rings. The van der Waals surface area contributed by atoms with Gasteiger partial charge in [-0.2, -0.15) is 0 Å². The molecule has 0 bridgehead atoms. The van der Waals surface area contributed by atoms with Crippen LogP contribution >= 0.6 is 0 Å². The molecule has 0 spiro atoms. The number of allylic oxidation sites excluding steroid dienone is 12. The van der Waals surface area contributed by atoms with Crippen LogP contribution in [0.4, 0.5) is 0 Å². The lowest BCUT2D eigenvalue weighted by atomic mass is 10.1. The molecule has 0 saturated heterocycles. The molecule has 0 aromatic rings. The van der Waals surface area contributed by atoms with Crippen LogP contribution in [0.1, 0.15) is 271 Å². The van der Waals surface area contributed by atoms with Crippen LogP contribution in [0.3, 0.4) is 0 Å². The molecule has 0 aromatic carbocycles. The first-order valence-electron chi connectivity index (χ1n) is 27.9. The summed E-state index contributed by atoms with van der Waals surface area (Å²) in [7, 11) is 0. The molecule has 0 heterocycles. The van der Waals surface area contributed by atoms with Gasteiger partial charge in [0.15, 0.2) is 0 Å². The molecule has 0 N–H and O–H groups in total. The predicted molar refractivity (Wildman–Crippen MR) is 284 cm³/mol. The maximum absolute atomic E-state index is 12.9. The standard InChI is InChI=1S/C60H104O6/c1-4-7-10-13-16-19-22-25-28-31-34-37-40-43-46-52-58(61)64-55-50-49-51-57(66-60(63)54-48-45-42-39-36-33-30-27-24-21-18-15-12-9-6-3)56-65-59(62)53-47-44-41-38-35-32-29-26-23-20-17-14-11-8-5-2/h16-21,25-30,57H,4-15,22-24,31-56H2,1-3H3/b19-16-,20-17-,21-18-,28-25-,29-26-,30-27-. The summed E-state index contributed by atoms with van der Waals surface area (Å²) < 4.78 is 17.0. The zero-order valence-electron chi connectivity index (χ0n) is 43.4. The Morgan fingerprint density at radius 3 is 1.03 bits per heavy atom. The van der Waals surface area contributed by atoms with Crippen LogP contribution in [0.25, 0.3) is 0 Å². The summed E-state index contributed by atoms with van der Waals surface area (Å²) in [5.74, 6) is -0.583. The van der Waals surface area contributed by atoms with Gasteiger partial charge < -0.3 is 14.2 Å². The molecule has 0 aliphatic carbocycles. The summed E-state index contributed by atoms with van der Waals surface area (Å²) in [5, 5.41) is 0. The van der Waals surface area contributed by atoms with E-state index >= 15 is 0 Å². The summed E-state index contributed by atoms with van der Waals surface area (Å²) in [5.41, 5.74) is 0. The number of hydrogen-bond donors (Lipinski definition) is 0. The number of rotatable bonds is 50. The van der Waals surface area contributed by atoms with Crippen molar-refractivity contribution in [3.05, 3.63) is 72.9 Å². The summed E-state index contributed by atoms with van der Waals surface area (Å²) in [4.78, 5) is 37.9. The van der Waals surface area contributed by atoms with Gasteiger partial charge in [-0.1, -0.05) is 190 Å². The molecule has 1 unspecified atom stereocenters. The van der Waals surface area contributed by atoms with E-state index in [1.807, 2.05) is 0 Å². The Bertz CT molecular complexity index is 1240. The predicted octanol–water partition coefficient (Wildman–Crippen LogP) is 18.6. The lowest BCUT2D eigenvalue weighted by Crippen LogP contribution is -2.25. The molecule has 66 heavy (non-hydrogen) atoms. The minimum atomic E-state index is -0.479. The Morgan fingerprint density at radius 1 is 0.333 bits per heavy atom. The van der Waals surface area contributed by atoms with Gasteiger partial charge in [-0.15, -0.1) is 0 Å². The Balaban J connectivity index is 4.41. The molecule has 0 radical (unpaired) electrons. The minimum Gasteiger partial charge on any atom is -0.466 e. The van der Waals surface area contributed by atoms with Crippen LogP contribution in [0.2, 0.25) is 0 Å². The van der Waals surface area contributed by atoms with Gasteiger partial charge in [0.1, 0.15) is 12.7 Å². The molecular formula is C60H104O6. The third-order valence-corrected chi connectivity index (χ3v) is 11.9. The maximum Gasteiger partial charge on any atom is 0.306 e. The first-order valence-corrected chi connectivity index (χ1v) is 27.9. The second kappa shape index (κ2) is 54.5. The summed E-state index contributed by atoms with van der Waals surface area (Å²) in [6.07, 6.45) is 67.9. The van der Waals surface area contributed by atoms with Crippen LogP contribution in [-0.4, -0.2) is 37.2 Å². The third-order valence-electron chi connectivity index (χ3n) is 11.9. The van der Waals surface area contributed by atoms with E-state index in [-0.39, 0.29) is 24.5 Å². The Kier molecular flexibility index (Phi) is 51.9. The Hall–Kier alpha value is -3.15. The van der Waals surface area contributed by atoms with Gasteiger partial charge in [0, 0.05) is 19.3 Å². The average Bonchev–Trinajstić information content (AvgIpc) is 3.31. The third kappa shape index (κ3) is 51.8. The van der Waals surface area contributed by atoms with Crippen molar-refractivity contribution in [1.29, 1.82) is 0 Å². The molecule has 0 aliphatic heterocycles. The van der Waals surface area contributed by atoms with Crippen LogP contribution < -0.4 is 0 Å². The zero-order chi connectivity index (χ0) is 47.9. The molecule has 0 rings (SSSR count). The van der Waals surface area contributed by atoms with Crippen LogP contribution in [0.5, 0.6) is 0 Å². The van der Waals surface area contributed by atoms with E-state index < -0.39 is 6.10 Å². The molecule has 380 valence electrons. The van der Waals surface area contributed by atoms with E-state index in [0.29, 0.717) is 38.7 Å². The number of hydrogen-bond acceptors (Lipinski definition) is 6. The lowest BCUT2D eigenvalue weighted by Gasteiger charge is -2.18. The monoisotopic (exact) mass is 921 g/mol. The number of esters is 3. The van der Waals surface area contributed by atoms with E-state index in [2.05, 4.69) is 93.7 Å². The first-order chi connectivity index (χ1) is 32.5. The van der Waals surface area contributed by atoms with Crippen molar-refractivity contribution in [2.24, 2.45) is 0 Å². The van der Waals surface area contributed by atoms with E-state index in [1.54, 1.807) is 0 Å². The summed E-state index contributed by atoms with van der Waals surface area (Å²) >= 11 is 0. The molecule has 0 amide bonds. The van der Waals surface area contributed by atoms with Gasteiger partial charge in [0.25, 0.3) is 0 Å². The van der Waals surface area contributed by atoms with Crippen molar-refractivity contribution in [2.45, 2.75) is 277 Å². The number of carbonyl (C=O) groups excluding carboxylic acids is 3. The first kappa shape index (κ1) is 62.8. The highest BCUT2D eigenvalue weighted by atomic mass is 16.6. The van der Waals surface area contributed by atoms with Crippen LogP contribution in [0.15, 0.2) is 72.9 Å². The minimum absolute atomic E-state index is 0.0830. The summed E-state index contributed by atoms with van der Waals surface area (Å²) in [6.45, 7) is 7.17. The number of carbonyl (C=O) groups is 3. The fourth-order valence-corrected chi connectivity index (χ4v) is 7.65. The molecule has 0 saturated carbocycles. The number of unbranched alkanes of at least 4 members (excludes halogenated alkanes) is 25. The molecular weight excluding hydrogens is 817 g/mol. The van der Waals surface area contributed by atoms with Crippen molar-refractivity contribution in [3.8, 4) is 0 Å². The number of ether oxygens (including phenoxy) is 3. The molecule has 6 nitrogen and oxygen atoms in total. The fraction of sp³-hybridized carbons (Fsp3) is 0.750. The van der Waals surface area contributed by atoms with Crippen molar-refractivity contribution < 1.29 is 28.6 Å². The van der Waals surface area contributed by atoms with E-state index in [9.17, 15) is 14.4 Å². The second-order valence-electron chi connectivity index (χ2n) is 18.5. The smallest absolute Gasteiger partial charge is 0.306 e. The topological polar surface area (TPSA) is 78.9 Å². The highest BCUT2D eigenvalue weighted by Gasteiger charge is 2.17. The lowest BCUT2D eigenvalue weighted by molar-refractivity contribution is -0.159. The summed E-state index contributed by atoms with van der Waals surface area (Å²) in [6, 6.07) is 0. The van der Waals surface area contributed by atoms with Gasteiger partial charge in [0.2, 0.25) is 0 Å². The highest BCUT2D eigenvalue weighted by Crippen LogP contribution is 2.15. The molecule has 6 heteroatoms. The fourth-order valence-electron chi connectivity index (χ4n) is 7.65. The van der Waals surface area contributed by atoms with E-state index in [4.69, 9.17) is 14.2 Å². The largest absolute Gasteiger partial charge is 0.466 e. The van der Waals surface area contributed by atoms with Gasteiger partial charge in [-0.25, -0.2) is 0 Å². The van der Waals surface area contributed by atoms with Gasteiger partial charge >= 0.3 is 17.9 Å². The Labute approximate surface area is 408 Å². The molecule has 0 aromatic heterocycles. The zero-order valence-corrected chi connectivity index (χ0v) is 43.4. The van der Waals surface area contributed by atoms with Crippen molar-refractivity contribution in [1.82, 2.24) is 0 Å². The van der Waals surface area contributed by atoms with E-state index in [0.717, 1.165) is 103 Å². The average molecular weight is 921 g/mol. The van der Waals surface area contributed by atoms with Crippen molar-refractivity contribution in [3.63, 3.8) is 0 Å². The van der Waals surface area contributed by atoms with Crippen molar-refractivity contribution in [2.75, 3.05) is 13.2 Å². The van der Waals surface area contributed by atoms with Gasteiger partial charge in [-0.05, 0) is 135 Å². The van der Waals surface area contributed by atoms with Crippen LogP contribution in [0, 0.1) is 0 Å². The normalized spacial score (nSPS) is 12.6. The SMILES string of the molecule is CCCCC/C=C\C/C=C\CCCCCCCC(=O)OCCCCC(COC(=O)CCCCCCC/C=C\C/C=C\CCCCC)OC(=O)CCCCCCC/C=C\C/C=C\CCCCC.